The van der Waals surface area contributed by atoms with Crippen LogP contribution in [0.2, 0.25) is 0 Å². The Kier molecular flexibility index (Phi) is 5.20. The lowest BCUT2D eigenvalue weighted by atomic mass is 9.91. The Morgan fingerprint density at radius 3 is 2.64 bits per heavy atom. The summed E-state index contributed by atoms with van der Waals surface area (Å²) in [7, 11) is 0. The van der Waals surface area contributed by atoms with Crippen LogP contribution in [-0.4, -0.2) is 35.7 Å². The van der Waals surface area contributed by atoms with Crippen LogP contribution in [-0.2, 0) is 0 Å². The van der Waals surface area contributed by atoms with E-state index in [0.29, 0.717) is 6.61 Å². The minimum atomic E-state index is 0.307. The molecule has 82 valence electrons. The molecule has 0 aromatic heterocycles. The van der Waals surface area contributed by atoms with E-state index in [4.69, 9.17) is 5.11 Å². The lowest BCUT2D eigenvalue weighted by molar-refractivity contribution is 0.126. The van der Waals surface area contributed by atoms with Gasteiger partial charge in [0.15, 0.2) is 0 Å². The van der Waals surface area contributed by atoms with Crippen molar-refractivity contribution in [2.75, 3.05) is 19.7 Å². The Morgan fingerprint density at radius 1 is 1.50 bits per heavy atom. The fraction of sp³-hybridized carbons (Fsp3) is 0.833. The monoisotopic (exact) mass is 197 g/mol. The minimum absolute atomic E-state index is 0.307. The maximum absolute atomic E-state index is 8.83. The van der Waals surface area contributed by atoms with Crippen molar-refractivity contribution in [1.82, 2.24) is 4.90 Å². The fourth-order valence-electron chi connectivity index (χ4n) is 1.82. The Morgan fingerprint density at radius 2 is 2.21 bits per heavy atom. The first-order valence-corrected chi connectivity index (χ1v) is 5.79. The largest absolute Gasteiger partial charge is 0.396 e. The van der Waals surface area contributed by atoms with E-state index in [1.165, 1.54) is 24.8 Å². The van der Waals surface area contributed by atoms with Crippen LogP contribution in [0.15, 0.2) is 12.2 Å². The average Bonchev–Trinajstić information content (AvgIpc) is 2.11. The molecular formula is C12H23NO. The third kappa shape index (κ3) is 3.43. The van der Waals surface area contributed by atoms with Gasteiger partial charge in [-0.25, -0.2) is 0 Å². The number of hydrogen-bond acceptors (Lipinski definition) is 2. The first kappa shape index (κ1) is 11.7. The molecule has 0 spiro atoms. The Balaban J connectivity index is 2.31. The SMILES string of the molecule is C=C(CC)CN(CCCO)C1CCC1. The highest BCUT2D eigenvalue weighted by atomic mass is 16.3. The molecule has 0 aromatic rings. The Bertz CT molecular complexity index is 175. The van der Waals surface area contributed by atoms with Crippen molar-refractivity contribution in [3.05, 3.63) is 12.2 Å². The van der Waals surface area contributed by atoms with Gasteiger partial charge in [-0.1, -0.05) is 25.5 Å². The number of aliphatic hydroxyl groups is 1. The van der Waals surface area contributed by atoms with Gasteiger partial charge < -0.3 is 5.11 Å². The van der Waals surface area contributed by atoms with Crippen LogP contribution in [0.5, 0.6) is 0 Å². The second-order valence-electron chi connectivity index (χ2n) is 4.24. The van der Waals surface area contributed by atoms with Gasteiger partial charge in [0, 0.05) is 25.7 Å². The highest BCUT2D eigenvalue weighted by molar-refractivity contribution is 4.98. The van der Waals surface area contributed by atoms with Crippen molar-refractivity contribution >= 4 is 0 Å². The average molecular weight is 197 g/mol. The predicted octanol–water partition coefficient (Wildman–Crippen LogP) is 2.19. The first-order chi connectivity index (χ1) is 6.77. The van der Waals surface area contributed by atoms with Gasteiger partial charge in [0.1, 0.15) is 0 Å². The molecule has 0 amide bonds. The number of aliphatic hydroxyl groups excluding tert-OH is 1. The second-order valence-corrected chi connectivity index (χ2v) is 4.24. The number of rotatable bonds is 7. The first-order valence-electron chi connectivity index (χ1n) is 5.79. The van der Waals surface area contributed by atoms with Crippen molar-refractivity contribution in [3.63, 3.8) is 0 Å². The van der Waals surface area contributed by atoms with Gasteiger partial charge in [-0.3, -0.25) is 4.90 Å². The van der Waals surface area contributed by atoms with Gasteiger partial charge >= 0.3 is 0 Å². The summed E-state index contributed by atoms with van der Waals surface area (Å²) in [6, 6.07) is 0.768. The van der Waals surface area contributed by atoms with Gasteiger partial charge in [-0.05, 0) is 25.7 Å². The summed E-state index contributed by atoms with van der Waals surface area (Å²) < 4.78 is 0. The van der Waals surface area contributed by atoms with Crippen LogP contribution in [0.1, 0.15) is 39.0 Å². The number of hydrogen-bond donors (Lipinski definition) is 1. The van der Waals surface area contributed by atoms with Crippen LogP contribution in [0.25, 0.3) is 0 Å². The van der Waals surface area contributed by atoms with Gasteiger partial charge in [0.25, 0.3) is 0 Å². The summed E-state index contributed by atoms with van der Waals surface area (Å²) in [5.74, 6) is 0. The molecule has 1 fully saturated rings. The topological polar surface area (TPSA) is 23.5 Å². The zero-order valence-corrected chi connectivity index (χ0v) is 9.34. The van der Waals surface area contributed by atoms with Crippen LogP contribution >= 0.6 is 0 Å². The van der Waals surface area contributed by atoms with Crippen molar-refractivity contribution < 1.29 is 5.11 Å². The standard InChI is InChI=1S/C12H23NO/c1-3-11(2)10-13(8-5-9-14)12-6-4-7-12/h12,14H,2-10H2,1H3. The van der Waals surface area contributed by atoms with Crippen molar-refractivity contribution in [2.45, 2.75) is 45.1 Å². The van der Waals surface area contributed by atoms with E-state index >= 15 is 0 Å². The summed E-state index contributed by atoms with van der Waals surface area (Å²) in [6.45, 7) is 8.58. The molecule has 1 N–H and O–H groups in total. The summed E-state index contributed by atoms with van der Waals surface area (Å²) in [4.78, 5) is 2.49. The molecule has 0 heterocycles. The van der Waals surface area contributed by atoms with E-state index in [1.54, 1.807) is 0 Å². The zero-order chi connectivity index (χ0) is 10.4. The number of nitrogens with zero attached hydrogens (tertiary/aromatic N) is 1. The normalized spacial score (nSPS) is 17.1. The van der Waals surface area contributed by atoms with Crippen LogP contribution in [0.4, 0.5) is 0 Å². The third-order valence-corrected chi connectivity index (χ3v) is 3.12. The molecule has 2 nitrogen and oxygen atoms in total. The van der Waals surface area contributed by atoms with E-state index in [9.17, 15) is 0 Å². The smallest absolute Gasteiger partial charge is 0.0443 e. The van der Waals surface area contributed by atoms with Crippen molar-refractivity contribution in [1.29, 1.82) is 0 Å². The molecular weight excluding hydrogens is 174 g/mol. The van der Waals surface area contributed by atoms with E-state index in [1.807, 2.05) is 0 Å². The quantitative estimate of drug-likeness (QED) is 0.632. The lowest BCUT2D eigenvalue weighted by Crippen LogP contribution is -2.41. The van der Waals surface area contributed by atoms with Crippen LogP contribution in [0.3, 0.4) is 0 Å². The van der Waals surface area contributed by atoms with Crippen molar-refractivity contribution in [3.8, 4) is 0 Å². The van der Waals surface area contributed by atoms with E-state index in [0.717, 1.165) is 32.0 Å². The Labute approximate surface area is 87.6 Å². The molecule has 0 aliphatic heterocycles. The summed E-state index contributed by atoms with van der Waals surface area (Å²) in [5.41, 5.74) is 1.31. The molecule has 0 radical (unpaired) electrons. The molecule has 0 unspecified atom stereocenters. The highest BCUT2D eigenvalue weighted by Crippen LogP contribution is 2.25. The molecule has 1 aliphatic carbocycles. The van der Waals surface area contributed by atoms with Crippen LogP contribution in [0, 0.1) is 0 Å². The summed E-state index contributed by atoms with van der Waals surface area (Å²) in [5, 5.41) is 8.83. The summed E-state index contributed by atoms with van der Waals surface area (Å²) in [6.07, 6.45) is 6.01. The molecule has 1 rings (SSSR count). The molecule has 0 bridgehead atoms. The fourth-order valence-corrected chi connectivity index (χ4v) is 1.82. The zero-order valence-electron chi connectivity index (χ0n) is 9.34. The molecule has 1 aliphatic rings. The predicted molar refractivity (Wildman–Crippen MR) is 60.3 cm³/mol. The molecule has 1 saturated carbocycles. The van der Waals surface area contributed by atoms with Crippen molar-refractivity contribution in [2.24, 2.45) is 0 Å². The maximum atomic E-state index is 8.83. The minimum Gasteiger partial charge on any atom is -0.396 e. The third-order valence-electron chi connectivity index (χ3n) is 3.12. The van der Waals surface area contributed by atoms with Gasteiger partial charge in [0.2, 0.25) is 0 Å². The van der Waals surface area contributed by atoms with E-state index in [2.05, 4.69) is 18.4 Å². The molecule has 14 heavy (non-hydrogen) atoms. The lowest BCUT2D eigenvalue weighted by Gasteiger charge is -2.38. The van der Waals surface area contributed by atoms with E-state index in [-0.39, 0.29) is 0 Å². The van der Waals surface area contributed by atoms with Crippen LogP contribution < -0.4 is 0 Å². The maximum Gasteiger partial charge on any atom is 0.0443 e. The van der Waals surface area contributed by atoms with Gasteiger partial charge in [-0.15, -0.1) is 0 Å². The molecule has 0 atom stereocenters. The molecule has 0 aromatic carbocycles. The van der Waals surface area contributed by atoms with E-state index < -0.39 is 0 Å². The highest BCUT2D eigenvalue weighted by Gasteiger charge is 2.24. The van der Waals surface area contributed by atoms with Gasteiger partial charge in [-0.2, -0.15) is 0 Å². The Hall–Kier alpha value is -0.340. The second kappa shape index (κ2) is 6.20. The summed E-state index contributed by atoms with van der Waals surface area (Å²) >= 11 is 0. The molecule has 2 heteroatoms. The van der Waals surface area contributed by atoms with Gasteiger partial charge in [0.05, 0.1) is 0 Å². The molecule has 0 saturated heterocycles.